The molecule has 0 saturated heterocycles. The Morgan fingerprint density at radius 2 is 1.95 bits per heavy atom. The fraction of sp³-hybridized carbons (Fsp3) is 0.250. The van der Waals surface area contributed by atoms with E-state index in [9.17, 15) is 0 Å². The summed E-state index contributed by atoms with van der Waals surface area (Å²) in [6.45, 7) is 3.97. The fourth-order valence-corrected chi connectivity index (χ4v) is 2.73. The zero-order valence-electron chi connectivity index (χ0n) is 12.2. The van der Waals surface area contributed by atoms with Crippen LogP contribution in [0.4, 0.5) is 0 Å². The van der Waals surface area contributed by atoms with Gasteiger partial charge in [-0.3, -0.25) is 0 Å². The summed E-state index contributed by atoms with van der Waals surface area (Å²) in [5.74, 6) is 1.34. The van der Waals surface area contributed by atoms with Crippen LogP contribution in [0.5, 0.6) is 11.6 Å². The third-order valence-corrected chi connectivity index (χ3v) is 3.82. The monoisotopic (exact) mass is 300 g/mol. The molecule has 0 bridgehead atoms. The van der Waals surface area contributed by atoms with Crippen molar-refractivity contribution in [2.75, 3.05) is 7.11 Å². The Labute approximate surface area is 127 Å². The van der Waals surface area contributed by atoms with E-state index in [0.717, 1.165) is 27.4 Å². The van der Waals surface area contributed by atoms with Gasteiger partial charge in [-0.25, -0.2) is 9.97 Å². The minimum atomic E-state index is 0.0497. The number of hydrogen-bond acceptors (Lipinski definition) is 5. The van der Waals surface area contributed by atoms with Crippen LogP contribution in [0.25, 0.3) is 21.6 Å². The molecule has 0 N–H and O–H groups in total. The molecule has 1 aromatic carbocycles. The first kappa shape index (κ1) is 13.8. The Bertz CT molecular complexity index is 754. The molecule has 5 heteroatoms. The average Bonchev–Trinajstić information content (AvgIpc) is 2.99. The maximum atomic E-state index is 5.84. The molecule has 0 atom stereocenters. The molecule has 4 nitrogen and oxygen atoms in total. The lowest BCUT2D eigenvalue weighted by Gasteiger charge is -2.13. The molecule has 2 heterocycles. The van der Waals surface area contributed by atoms with Gasteiger partial charge in [-0.2, -0.15) is 0 Å². The molecule has 3 aromatic rings. The number of benzene rings is 1. The van der Waals surface area contributed by atoms with Crippen molar-refractivity contribution in [2.24, 2.45) is 0 Å². The van der Waals surface area contributed by atoms with Crippen LogP contribution >= 0.6 is 11.3 Å². The molecule has 108 valence electrons. The van der Waals surface area contributed by atoms with E-state index in [1.807, 2.05) is 49.6 Å². The predicted octanol–water partition coefficient (Wildman–Crippen LogP) is 4.15. The number of rotatable bonds is 4. The molecular formula is C16H16N2O2S. The molecule has 2 aromatic heterocycles. The van der Waals surface area contributed by atoms with Gasteiger partial charge >= 0.3 is 0 Å². The van der Waals surface area contributed by atoms with Gasteiger partial charge < -0.3 is 9.47 Å². The van der Waals surface area contributed by atoms with Crippen molar-refractivity contribution in [1.29, 1.82) is 0 Å². The van der Waals surface area contributed by atoms with Crippen molar-refractivity contribution in [3.8, 4) is 22.2 Å². The van der Waals surface area contributed by atoms with Gasteiger partial charge in [0.25, 0.3) is 0 Å². The number of fused-ring (bicyclic) bond motifs is 1. The third-order valence-electron chi connectivity index (χ3n) is 2.94. The summed E-state index contributed by atoms with van der Waals surface area (Å²) in [6.07, 6.45) is 0.0497. The van der Waals surface area contributed by atoms with Crippen LogP contribution in [-0.4, -0.2) is 23.2 Å². The molecule has 0 aliphatic rings. The van der Waals surface area contributed by atoms with Gasteiger partial charge in [0.2, 0.25) is 5.88 Å². The predicted molar refractivity (Wildman–Crippen MR) is 85.2 cm³/mol. The quantitative estimate of drug-likeness (QED) is 0.726. The molecule has 0 fully saturated rings. The van der Waals surface area contributed by atoms with Crippen LogP contribution in [0.15, 0.2) is 35.7 Å². The lowest BCUT2D eigenvalue weighted by atomic mass is 10.2. The lowest BCUT2D eigenvalue weighted by molar-refractivity contribution is 0.234. The average molecular weight is 300 g/mol. The van der Waals surface area contributed by atoms with E-state index in [1.165, 1.54) is 0 Å². The van der Waals surface area contributed by atoms with Gasteiger partial charge in [-0.1, -0.05) is 6.07 Å². The molecule has 0 saturated carbocycles. The standard InChI is InChI=1S/C16H16N2O2S/c1-10(2)20-16-15(14-5-4-8-21-14)17-13-9-11(19-3)6-7-12(13)18-16/h4-10H,1-3H3. The number of nitrogens with zero attached hydrogens (tertiary/aromatic N) is 2. The number of methoxy groups -OCH3 is 1. The maximum absolute atomic E-state index is 5.84. The summed E-state index contributed by atoms with van der Waals surface area (Å²) in [4.78, 5) is 10.4. The van der Waals surface area contributed by atoms with E-state index in [2.05, 4.69) is 4.98 Å². The van der Waals surface area contributed by atoms with E-state index >= 15 is 0 Å². The first-order chi connectivity index (χ1) is 10.2. The first-order valence-corrected chi connectivity index (χ1v) is 7.61. The summed E-state index contributed by atoms with van der Waals surface area (Å²) in [6, 6.07) is 9.68. The second-order valence-corrected chi connectivity index (χ2v) is 5.82. The minimum Gasteiger partial charge on any atom is -0.497 e. The fourth-order valence-electron chi connectivity index (χ4n) is 2.02. The summed E-state index contributed by atoms with van der Waals surface area (Å²) in [5, 5.41) is 2.02. The second kappa shape index (κ2) is 5.69. The van der Waals surface area contributed by atoms with Crippen molar-refractivity contribution in [2.45, 2.75) is 20.0 Å². The highest BCUT2D eigenvalue weighted by molar-refractivity contribution is 7.13. The maximum Gasteiger partial charge on any atom is 0.242 e. The van der Waals surface area contributed by atoms with E-state index in [-0.39, 0.29) is 6.10 Å². The Kier molecular flexibility index (Phi) is 3.75. The molecule has 0 amide bonds. The first-order valence-electron chi connectivity index (χ1n) is 6.73. The molecule has 0 spiro atoms. The van der Waals surface area contributed by atoms with Crippen molar-refractivity contribution in [1.82, 2.24) is 9.97 Å². The van der Waals surface area contributed by atoms with E-state index in [4.69, 9.17) is 14.5 Å². The largest absolute Gasteiger partial charge is 0.497 e. The Hall–Kier alpha value is -2.14. The van der Waals surface area contributed by atoms with Crippen molar-refractivity contribution < 1.29 is 9.47 Å². The Balaban J connectivity index is 2.20. The Morgan fingerprint density at radius 1 is 1.10 bits per heavy atom. The van der Waals surface area contributed by atoms with Gasteiger partial charge in [0, 0.05) is 6.07 Å². The zero-order valence-corrected chi connectivity index (χ0v) is 13.0. The van der Waals surface area contributed by atoms with Gasteiger partial charge in [0.05, 0.1) is 29.1 Å². The van der Waals surface area contributed by atoms with Crippen molar-refractivity contribution in [3.05, 3.63) is 35.7 Å². The number of hydrogen-bond donors (Lipinski definition) is 0. The minimum absolute atomic E-state index is 0.0497. The number of aromatic nitrogens is 2. The number of thiophene rings is 1. The van der Waals surface area contributed by atoms with Gasteiger partial charge in [-0.05, 0) is 37.4 Å². The van der Waals surface area contributed by atoms with Crippen LogP contribution < -0.4 is 9.47 Å². The molecule has 0 radical (unpaired) electrons. The summed E-state index contributed by atoms with van der Waals surface area (Å²) in [7, 11) is 1.64. The van der Waals surface area contributed by atoms with Crippen LogP contribution in [0.3, 0.4) is 0 Å². The highest BCUT2D eigenvalue weighted by Gasteiger charge is 2.15. The molecular weight excluding hydrogens is 284 g/mol. The smallest absolute Gasteiger partial charge is 0.242 e. The van der Waals surface area contributed by atoms with Crippen LogP contribution in [-0.2, 0) is 0 Å². The Morgan fingerprint density at radius 3 is 2.62 bits per heavy atom. The summed E-state index contributed by atoms with van der Waals surface area (Å²) < 4.78 is 11.1. The van der Waals surface area contributed by atoms with Crippen LogP contribution in [0.1, 0.15) is 13.8 Å². The highest BCUT2D eigenvalue weighted by Crippen LogP contribution is 2.33. The van der Waals surface area contributed by atoms with Gasteiger partial charge in [0.15, 0.2) is 0 Å². The molecule has 0 unspecified atom stereocenters. The molecule has 21 heavy (non-hydrogen) atoms. The van der Waals surface area contributed by atoms with Gasteiger partial charge in [0.1, 0.15) is 11.4 Å². The van der Waals surface area contributed by atoms with E-state index in [1.54, 1.807) is 18.4 Å². The van der Waals surface area contributed by atoms with Crippen molar-refractivity contribution in [3.63, 3.8) is 0 Å². The third kappa shape index (κ3) is 2.83. The SMILES string of the molecule is COc1ccc2nc(OC(C)C)c(-c3cccs3)nc2c1. The summed E-state index contributed by atoms with van der Waals surface area (Å²) in [5.41, 5.74) is 2.38. The van der Waals surface area contributed by atoms with E-state index < -0.39 is 0 Å². The van der Waals surface area contributed by atoms with E-state index in [0.29, 0.717) is 5.88 Å². The van der Waals surface area contributed by atoms with Gasteiger partial charge in [-0.15, -0.1) is 11.3 Å². The highest BCUT2D eigenvalue weighted by atomic mass is 32.1. The second-order valence-electron chi connectivity index (χ2n) is 4.88. The summed E-state index contributed by atoms with van der Waals surface area (Å²) >= 11 is 1.62. The topological polar surface area (TPSA) is 44.2 Å². The van der Waals surface area contributed by atoms with Crippen LogP contribution in [0, 0.1) is 0 Å². The van der Waals surface area contributed by atoms with Crippen molar-refractivity contribution >= 4 is 22.4 Å². The zero-order chi connectivity index (χ0) is 14.8. The molecule has 0 aliphatic heterocycles. The lowest BCUT2D eigenvalue weighted by Crippen LogP contribution is -2.09. The van der Waals surface area contributed by atoms with Crippen LogP contribution in [0.2, 0.25) is 0 Å². The molecule has 3 rings (SSSR count). The number of ether oxygens (including phenoxy) is 2. The normalized spacial score (nSPS) is 11.0. The molecule has 0 aliphatic carbocycles.